The summed E-state index contributed by atoms with van der Waals surface area (Å²) in [6, 6.07) is 7.97. The molecule has 0 fully saturated rings. The van der Waals surface area contributed by atoms with Crippen molar-refractivity contribution in [2.24, 2.45) is 0 Å². The molecule has 1 N–H and O–H groups in total. The summed E-state index contributed by atoms with van der Waals surface area (Å²) >= 11 is 0. The summed E-state index contributed by atoms with van der Waals surface area (Å²) in [6.07, 6.45) is 0.910. The van der Waals surface area contributed by atoms with Crippen LogP contribution in [0.2, 0.25) is 0 Å². The van der Waals surface area contributed by atoms with Crippen molar-refractivity contribution in [1.29, 1.82) is 0 Å². The molecule has 1 aromatic heterocycles. The molecule has 0 bridgehead atoms. The molecular formula is C14H16N2O2. The van der Waals surface area contributed by atoms with Crippen LogP contribution in [0.4, 0.5) is 0 Å². The summed E-state index contributed by atoms with van der Waals surface area (Å²) in [7, 11) is 0. The molecule has 2 aromatic rings. The fraction of sp³-hybridized carbons (Fsp3) is 0.357. The first-order valence-corrected chi connectivity index (χ1v) is 6.19. The van der Waals surface area contributed by atoms with Crippen LogP contribution in [0.3, 0.4) is 0 Å². The molecule has 3 rings (SSSR count). The van der Waals surface area contributed by atoms with E-state index in [1.807, 2.05) is 24.3 Å². The van der Waals surface area contributed by atoms with Crippen LogP contribution in [-0.2, 0) is 19.6 Å². The molecule has 1 aromatic carbocycles. The second-order valence-electron chi connectivity index (χ2n) is 4.51. The van der Waals surface area contributed by atoms with Gasteiger partial charge in [0.15, 0.2) is 6.61 Å². The number of aromatic nitrogens is 1. The molecule has 0 radical (unpaired) electrons. The van der Waals surface area contributed by atoms with Gasteiger partial charge in [0.1, 0.15) is 11.5 Å². The topological polar surface area (TPSA) is 47.3 Å². The first-order valence-electron chi connectivity index (χ1n) is 6.19. The predicted molar refractivity (Wildman–Crippen MR) is 67.4 cm³/mol. The fourth-order valence-electron chi connectivity index (χ4n) is 2.02. The zero-order chi connectivity index (χ0) is 12.4. The maximum Gasteiger partial charge on any atom is 0.232 e. The van der Waals surface area contributed by atoms with E-state index in [1.54, 1.807) is 0 Å². The lowest BCUT2D eigenvalue weighted by molar-refractivity contribution is 0.258. The first kappa shape index (κ1) is 11.3. The molecule has 0 aliphatic carbocycles. The Labute approximate surface area is 106 Å². The van der Waals surface area contributed by atoms with E-state index < -0.39 is 0 Å². The van der Waals surface area contributed by atoms with Crippen molar-refractivity contribution in [1.82, 2.24) is 10.3 Å². The summed E-state index contributed by atoms with van der Waals surface area (Å²) in [5.41, 5.74) is 2.24. The van der Waals surface area contributed by atoms with Crippen LogP contribution in [0.25, 0.3) is 0 Å². The molecule has 0 spiro atoms. The van der Waals surface area contributed by atoms with E-state index in [9.17, 15) is 0 Å². The number of oxazole rings is 1. The fourth-order valence-corrected chi connectivity index (χ4v) is 2.02. The van der Waals surface area contributed by atoms with Crippen molar-refractivity contribution < 1.29 is 9.15 Å². The third-order valence-electron chi connectivity index (χ3n) is 3.03. The van der Waals surface area contributed by atoms with Crippen molar-refractivity contribution in [2.75, 3.05) is 6.54 Å². The molecule has 0 unspecified atom stereocenters. The predicted octanol–water partition coefficient (Wildman–Crippen LogP) is 2.21. The van der Waals surface area contributed by atoms with Gasteiger partial charge in [-0.1, -0.05) is 17.7 Å². The van der Waals surface area contributed by atoms with Crippen LogP contribution in [0.1, 0.15) is 22.9 Å². The molecule has 1 aliphatic heterocycles. The smallest absolute Gasteiger partial charge is 0.232 e. The molecule has 94 valence electrons. The van der Waals surface area contributed by atoms with E-state index >= 15 is 0 Å². The van der Waals surface area contributed by atoms with E-state index in [1.165, 1.54) is 5.56 Å². The van der Waals surface area contributed by atoms with E-state index in [2.05, 4.69) is 17.2 Å². The Kier molecular flexibility index (Phi) is 3.02. The van der Waals surface area contributed by atoms with Gasteiger partial charge in [-0.3, -0.25) is 0 Å². The van der Waals surface area contributed by atoms with Gasteiger partial charge in [-0.05, 0) is 19.1 Å². The van der Waals surface area contributed by atoms with E-state index in [0.29, 0.717) is 12.5 Å². The molecule has 2 heterocycles. The largest absolute Gasteiger partial charge is 0.484 e. The van der Waals surface area contributed by atoms with Crippen molar-refractivity contribution in [3.05, 3.63) is 47.2 Å². The molecule has 0 saturated heterocycles. The van der Waals surface area contributed by atoms with Gasteiger partial charge in [-0.15, -0.1) is 0 Å². The molecule has 4 heteroatoms. The van der Waals surface area contributed by atoms with Crippen molar-refractivity contribution >= 4 is 0 Å². The monoisotopic (exact) mass is 244 g/mol. The van der Waals surface area contributed by atoms with Gasteiger partial charge in [-0.2, -0.15) is 0 Å². The Morgan fingerprint density at radius 1 is 1.33 bits per heavy atom. The standard InChI is InChI=1S/C14H16N2O2/c1-10-2-4-11(5-3-10)17-9-14-16-12-8-15-7-6-13(12)18-14/h2-5,15H,6-9H2,1H3. The highest BCUT2D eigenvalue weighted by atomic mass is 16.5. The van der Waals surface area contributed by atoms with Crippen LogP contribution in [0.5, 0.6) is 5.75 Å². The minimum atomic E-state index is 0.385. The SMILES string of the molecule is Cc1ccc(OCc2nc3c(o2)CCNC3)cc1. The Bertz CT molecular complexity index is 508. The van der Waals surface area contributed by atoms with Gasteiger partial charge >= 0.3 is 0 Å². The minimum Gasteiger partial charge on any atom is -0.484 e. The lowest BCUT2D eigenvalue weighted by Crippen LogP contribution is -2.22. The second-order valence-corrected chi connectivity index (χ2v) is 4.51. The Balaban J connectivity index is 1.66. The average Bonchev–Trinajstić information content (AvgIpc) is 2.81. The molecule has 1 aliphatic rings. The van der Waals surface area contributed by atoms with Gasteiger partial charge < -0.3 is 14.5 Å². The van der Waals surface area contributed by atoms with Gasteiger partial charge in [0.25, 0.3) is 0 Å². The number of benzene rings is 1. The molecule has 0 atom stereocenters. The molecular weight excluding hydrogens is 228 g/mol. The van der Waals surface area contributed by atoms with Gasteiger partial charge in [0.2, 0.25) is 5.89 Å². The van der Waals surface area contributed by atoms with Crippen molar-refractivity contribution in [3.8, 4) is 5.75 Å². The number of fused-ring (bicyclic) bond motifs is 1. The van der Waals surface area contributed by atoms with Crippen molar-refractivity contribution in [2.45, 2.75) is 26.5 Å². The summed E-state index contributed by atoms with van der Waals surface area (Å²) in [5.74, 6) is 2.50. The van der Waals surface area contributed by atoms with Crippen LogP contribution in [0.15, 0.2) is 28.7 Å². The van der Waals surface area contributed by atoms with Crippen LogP contribution in [-0.4, -0.2) is 11.5 Å². The highest BCUT2D eigenvalue weighted by Gasteiger charge is 2.16. The second kappa shape index (κ2) is 4.82. The van der Waals surface area contributed by atoms with Crippen LogP contribution < -0.4 is 10.1 Å². The Hall–Kier alpha value is -1.81. The summed E-state index contributed by atoms with van der Waals surface area (Å²) in [4.78, 5) is 4.43. The quantitative estimate of drug-likeness (QED) is 0.899. The number of nitrogens with zero attached hydrogens (tertiary/aromatic N) is 1. The third kappa shape index (κ3) is 2.38. The number of rotatable bonds is 3. The Morgan fingerprint density at radius 2 is 2.17 bits per heavy atom. The van der Waals surface area contributed by atoms with E-state index in [4.69, 9.17) is 9.15 Å². The number of nitrogens with one attached hydrogen (secondary N) is 1. The maximum atomic E-state index is 5.68. The average molecular weight is 244 g/mol. The lowest BCUT2D eigenvalue weighted by Gasteiger charge is -2.08. The third-order valence-corrected chi connectivity index (χ3v) is 3.03. The molecule has 4 nitrogen and oxygen atoms in total. The van der Waals surface area contributed by atoms with Gasteiger partial charge in [-0.25, -0.2) is 4.98 Å². The van der Waals surface area contributed by atoms with E-state index in [-0.39, 0.29) is 0 Å². The summed E-state index contributed by atoms with van der Waals surface area (Å²) in [5, 5.41) is 3.27. The van der Waals surface area contributed by atoms with Crippen molar-refractivity contribution in [3.63, 3.8) is 0 Å². The van der Waals surface area contributed by atoms with Gasteiger partial charge in [0.05, 0.1) is 5.69 Å². The maximum absolute atomic E-state index is 5.68. The van der Waals surface area contributed by atoms with Gasteiger partial charge in [0, 0.05) is 19.5 Å². The normalized spacial score (nSPS) is 14.3. The van der Waals surface area contributed by atoms with Crippen LogP contribution in [0, 0.1) is 6.92 Å². The number of hydrogen-bond donors (Lipinski definition) is 1. The molecule has 18 heavy (non-hydrogen) atoms. The highest BCUT2D eigenvalue weighted by molar-refractivity contribution is 5.26. The highest BCUT2D eigenvalue weighted by Crippen LogP contribution is 2.17. The number of hydrogen-bond acceptors (Lipinski definition) is 4. The minimum absolute atomic E-state index is 0.385. The van der Waals surface area contributed by atoms with Crippen LogP contribution >= 0.6 is 0 Å². The summed E-state index contributed by atoms with van der Waals surface area (Å²) in [6.45, 7) is 4.19. The molecule has 0 amide bonds. The number of aryl methyl sites for hydroxylation is 1. The Morgan fingerprint density at radius 3 is 2.94 bits per heavy atom. The molecule has 0 saturated carbocycles. The zero-order valence-electron chi connectivity index (χ0n) is 10.4. The summed E-state index contributed by atoms with van der Waals surface area (Å²) < 4.78 is 11.3. The lowest BCUT2D eigenvalue weighted by atomic mass is 10.2. The van der Waals surface area contributed by atoms with E-state index in [0.717, 1.165) is 36.7 Å². The zero-order valence-corrected chi connectivity index (χ0v) is 10.4. The first-order chi connectivity index (χ1) is 8.81. The number of ether oxygens (including phenoxy) is 1.